The Hall–Kier alpha value is -0.870. The predicted octanol–water partition coefficient (Wildman–Crippen LogP) is 3.75. The molecule has 0 aliphatic carbocycles. The first-order valence-electron chi connectivity index (χ1n) is 7.52. The maximum Gasteiger partial charge on any atom is 0.322 e. The molecule has 1 aromatic heterocycles. The molecule has 0 spiro atoms. The van der Waals surface area contributed by atoms with Crippen molar-refractivity contribution in [1.82, 2.24) is 0 Å². The molecule has 1 heterocycles. The van der Waals surface area contributed by atoms with Crippen molar-refractivity contribution >= 4 is 17.3 Å². The van der Waals surface area contributed by atoms with Gasteiger partial charge in [0.1, 0.15) is 6.04 Å². The molecule has 0 radical (unpaired) electrons. The van der Waals surface area contributed by atoms with E-state index in [9.17, 15) is 4.79 Å². The highest BCUT2D eigenvalue weighted by Crippen LogP contribution is 2.22. The van der Waals surface area contributed by atoms with Crippen LogP contribution >= 0.6 is 11.3 Å². The number of carbonyl (C=O) groups is 1. The first kappa shape index (κ1) is 17.2. The van der Waals surface area contributed by atoms with E-state index < -0.39 is 6.04 Å². The van der Waals surface area contributed by atoms with Crippen LogP contribution in [0.15, 0.2) is 6.07 Å². The molecule has 0 amide bonds. The minimum absolute atomic E-state index is 0.267. The standard InChI is InChI=1S/C16H27NO2S/c1-4-15(17)16(18)19-10-8-6-5-7-9-14-11-12(2)20-13(14)3/h11,15H,4-10,17H2,1-3H3. The zero-order valence-electron chi connectivity index (χ0n) is 12.9. The minimum atomic E-state index is -0.459. The van der Waals surface area contributed by atoms with Gasteiger partial charge in [-0.05, 0) is 51.2 Å². The second kappa shape index (κ2) is 9.14. The third-order valence-corrected chi connectivity index (χ3v) is 4.48. The van der Waals surface area contributed by atoms with Crippen LogP contribution in [-0.4, -0.2) is 18.6 Å². The molecule has 0 aliphatic heterocycles. The van der Waals surface area contributed by atoms with Crippen LogP contribution in [-0.2, 0) is 16.0 Å². The van der Waals surface area contributed by atoms with Gasteiger partial charge in [0.2, 0.25) is 0 Å². The fourth-order valence-electron chi connectivity index (χ4n) is 2.15. The quantitative estimate of drug-likeness (QED) is 0.558. The lowest BCUT2D eigenvalue weighted by Crippen LogP contribution is -2.31. The number of rotatable bonds is 9. The number of aryl methyl sites for hydroxylation is 3. The van der Waals surface area contributed by atoms with E-state index >= 15 is 0 Å². The predicted molar refractivity (Wildman–Crippen MR) is 85.2 cm³/mol. The van der Waals surface area contributed by atoms with Gasteiger partial charge in [-0.2, -0.15) is 0 Å². The SMILES string of the molecule is CCC(N)C(=O)OCCCCCCc1cc(C)sc1C. The molecular formula is C16H27NO2S. The van der Waals surface area contributed by atoms with E-state index in [0.717, 1.165) is 19.3 Å². The minimum Gasteiger partial charge on any atom is -0.465 e. The molecule has 1 unspecified atom stereocenters. The molecule has 3 nitrogen and oxygen atoms in total. The van der Waals surface area contributed by atoms with E-state index in [2.05, 4.69) is 19.9 Å². The Labute approximate surface area is 126 Å². The molecule has 20 heavy (non-hydrogen) atoms. The summed E-state index contributed by atoms with van der Waals surface area (Å²) in [5.41, 5.74) is 7.08. The van der Waals surface area contributed by atoms with Crippen LogP contribution in [0.3, 0.4) is 0 Å². The first-order chi connectivity index (χ1) is 9.54. The van der Waals surface area contributed by atoms with Gasteiger partial charge in [0.05, 0.1) is 6.61 Å². The van der Waals surface area contributed by atoms with Crippen molar-refractivity contribution in [3.63, 3.8) is 0 Å². The zero-order chi connectivity index (χ0) is 15.0. The summed E-state index contributed by atoms with van der Waals surface area (Å²) in [6.45, 7) is 6.75. The maximum absolute atomic E-state index is 11.3. The van der Waals surface area contributed by atoms with Gasteiger partial charge in [0.25, 0.3) is 0 Å². The molecule has 114 valence electrons. The topological polar surface area (TPSA) is 52.3 Å². The zero-order valence-corrected chi connectivity index (χ0v) is 13.7. The largest absolute Gasteiger partial charge is 0.465 e. The van der Waals surface area contributed by atoms with E-state index in [0.29, 0.717) is 13.0 Å². The summed E-state index contributed by atoms with van der Waals surface area (Å²) in [5, 5.41) is 0. The highest BCUT2D eigenvalue weighted by Gasteiger charge is 2.11. The van der Waals surface area contributed by atoms with Crippen molar-refractivity contribution in [2.24, 2.45) is 5.73 Å². The molecule has 0 bridgehead atoms. The average Bonchev–Trinajstić information content (AvgIpc) is 2.74. The Morgan fingerprint density at radius 2 is 2.00 bits per heavy atom. The fraction of sp³-hybridized carbons (Fsp3) is 0.688. The molecule has 0 saturated heterocycles. The highest BCUT2D eigenvalue weighted by atomic mass is 32.1. The van der Waals surface area contributed by atoms with Crippen LogP contribution < -0.4 is 5.73 Å². The monoisotopic (exact) mass is 297 g/mol. The van der Waals surface area contributed by atoms with Gasteiger partial charge in [0, 0.05) is 9.75 Å². The van der Waals surface area contributed by atoms with Gasteiger partial charge < -0.3 is 10.5 Å². The van der Waals surface area contributed by atoms with Crippen molar-refractivity contribution in [3.8, 4) is 0 Å². The smallest absolute Gasteiger partial charge is 0.322 e. The molecule has 1 atom stereocenters. The van der Waals surface area contributed by atoms with Crippen molar-refractivity contribution in [3.05, 3.63) is 21.4 Å². The molecule has 2 N–H and O–H groups in total. The fourth-order valence-corrected chi connectivity index (χ4v) is 3.13. The summed E-state index contributed by atoms with van der Waals surface area (Å²) in [6, 6.07) is 1.84. The van der Waals surface area contributed by atoms with Crippen LogP contribution in [0.5, 0.6) is 0 Å². The Balaban J connectivity index is 2.03. The number of carbonyl (C=O) groups excluding carboxylic acids is 1. The number of nitrogens with two attached hydrogens (primary N) is 1. The molecule has 0 fully saturated rings. The highest BCUT2D eigenvalue weighted by molar-refractivity contribution is 7.12. The lowest BCUT2D eigenvalue weighted by atomic mass is 10.1. The van der Waals surface area contributed by atoms with E-state index in [1.807, 2.05) is 18.3 Å². The summed E-state index contributed by atoms with van der Waals surface area (Å²) in [4.78, 5) is 14.2. The van der Waals surface area contributed by atoms with Crippen molar-refractivity contribution in [1.29, 1.82) is 0 Å². The van der Waals surface area contributed by atoms with Gasteiger partial charge in [-0.3, -0.25) is 4.79 Å². The Bertz CT molecular complexity index is 415. The number of ether oxygens (including phenoxy) is 1. The summed E-state index contributed by atoms with van der Waals surface area (Å²) < 4.78 is 5.12. The number of hydrogen-bond acceptors (Lipinski definition) is 4. The third kappa shape index (κ3) is 6.06. The van der Waals surface area contributed by atoms with Crippen molar-refractivity contribution in [2.75, 3.05) is 6.61 Å². The van der Waals surface area contributed by atoms with Gasteiger partial charge in [-0.1, -0.05) is 19.8 Å². The summed E-state index contributed by atoms with van der Waals surface area (Å²) in [7, 11) is 0. The molecule has 4 heteroatoms. The summed E-state index contributed by atoms with van der Waals surface area (Å²) in [6.07, 6.45) is 6.24. The Morgan fingerprint density at radius 3 is 2.60 bits per heavy atom. The van der Waals surface area contributed by atoms with Crippen LogP contribution in [0.4, 0.5) is 0 Å². The maximum atomic E-state index is 11.3. The summed E-state index contributed by atoms with van der Waals surface area (Å²) in [5.74, 6) is -0.267. The second-order valence-electron chi connectivity index (χ2n) is 5.28. The number of unbranched alkanes of at least 4 members (excludes halogenated alkanes) is 3. The van der Waals surface area contributed by atoms with Crippen LogP contribution in [0, 0.1) is 13.8 Å². The van der Waals surface area contributed by atoms with Crippen LogP contribution in [0.2, 0.25) is 0 Å². The Kier molecular flexibility index (Phi) is 7.85. The van der Waals surface area contributed by atoms with Gasteiger partial charge in [0.15, 0.2) is 0 Å². The number of esters is 1. The third-order valence-electron chi connectivity index (χ3n) is 3.47. The van der Waals surface area contributed by atoms with Crippen molar-refractivity contribution < 1.29 is 9.53 Å². The van der Waals surface area contributed by atoms with E-state index in [1.54, 1.807) is 0 Å². The molecular weight excluding hydrogens is 270 g/mol. The van der Waals surface area contributed by atoms with E-state index in [1.165, 1.54) is 28.2 Å². The lowest BCUT2D eigenvalue weighted by Gasteiger charge is -2.09. The van der Waals surface area contributed by atoms with Crippen molar-refractivity contribution in [2.45, 2.75) is 65.3 Å². The van der Waals surface area contributed by atoms with Gasteiger partial charge in [-0.15, -0.1) is 11.3 Å². The van der Waals surface area contributed by atoms with Crippen LogP contribution in [0.1, 0.15) is 54.3 Å². The van der Waals surface area contributed by atoms with Crippen LogP contribution in [0.25, 0.3) is 0 Å². The molecule has 1 rings (SSSR count). The first-order valence-corrected chi connectivity index (χ1v) is 8.34. The lowest BCUT2D eigenvalue weighted by molar-refractivity contribution is -0.145. The van der Waals surface area contributed by atoms with Gasteiger partial charge >= 0.3 is 5.97 Å². The van der Waals surface area contributed by atoms with Gasteiger partial charge in [-0.25, -0.2) is 0 Å². The average molecular weight is 297 g/mol. The summed E-state index contributed by atoms with van der Waals surface area (Å²) >= 11 is 1.88. The number of thiophene rings is 1. The molecule has 0 saturated carbocycles. The normalized spacial score (nSPS) is 12.4. The Morgan fingerprint density at radius 1 is 1.30 bits per heavy atom. The molecule has 0 aromatic carbocycles. The van der Waals surface area contributed by atoms with E-state index in [-0.39, 0.29) is 5.97 Å². The van der Waals surface area contributed by atoms with E-state index in [4.69, 9.17) is 10.5 Å². The number of hydrogen-bond donors (Lipinski definition) is 1. The molecule has 1 aromatic rings. The second-order valence-corrected chi connectivity index (χ2v) is 6.75. The molecule has 0 aliphatic rings.